The maximum absolute atomic E-state index is 12.8. The molecule has 1 aliphatic heterocycles. The first-order valence-electron chi connectivity index (χ1n) is 12.1. The molecular formula is C26H28ClN7O5S. The number of methoxy groups -OCH3 is 1. The summed E-state index contributed by atoms with van der Waals surface area (Å²) in [5.41, 5.74) is 7.31. The van der Waals surface area contributed by atoms with Gasteiger partial charge in [0, 0.05) is 26.2 Å². The first-order chi connectivity index (χ1) is 19.0. The molecule has 0 saturated heterocycles. The molecular weight excluding hydrogens is 558 g/mol. The minimum atomic E-state index is -3.76. The van der Waals surface area contributed by atoms with E-state index in [2.05, 4.69) is 27.0 Å². The van der Waals surface area contributed by atoms with E-state index in [0.29, 0.717) is 23.5 Å². The molecule has 0 spiro atoms. The number of aromatic nitrogens is 2. The van der Waals surface area contributed by atoms with Crippen molar-refractivity contribution in [2.45, 2.75) is 24.2 Å². The quantitative estimate of drug-likeness (QED) is 0.342. The van der Waals surface area contributed by atoms with Crippen LogP contribution in [-0.2, 0) is 19.6 Å². The summed E-state index contributed by atoms with van der Waals surface area (Å²) in [6.07, 6.45) is 4.07. The number of nitrogens with one attached hydrogen (secondary N) is 2. The first kappa shape index (κ1) is 29.1. The van der Waals surface area contributed by atoms with Crippen LogP contribution in [0, 0.1) is 6.42 Å². The summed E-state index contributed by atoms with van der Waals surface area (Å²) in [6, 6.07) is 9.71. The number of hydrogen-bond donors (Lipinski definition) is 3. The number of amides is 2. The largest absolute Gasteiger partial charge is 0.494 e. The van der Waals surface area contributed by atoms with Gasteiger partial charge < -0.3 is 26.0 Å². The fourth-order valence-corrected chi connectivity index (χ4v) is 5.47. The van der Waals surface area contributed by atoms with Gasteiger partial charge in [-0.2, -0.15) is 4.98 Å². The van der Waals surface area contributed by atoms with Crippen molar-refractivity contribution in [1.29, 1.82) is 0 Å². The van der Waals surface area contributed by atoms with Gasteiger partial charge in [-0.1, -0.05) is 23.7 Å². The summed E-state index contributed by atoms with van der Waals surface area (Å²) >= 11 is 6.35. The highest BCUT2D eigenvalue weighted by atomic mass is 35.5. The average Bonchev–Trinajstić information content (AvgIpc) is 3.06. The standard InChI is InChI=1S/C26H28ClN7O5S/c1-5-34-19-12-11-18(23(39-4)22(19)15(24(28)36)10-13-21(34)35)31-26-29-14-16(27)25(32-26)30-17-8-6-7-9-20(17)40(37,38)33(2)3/h6-9,11-12,14-15H,5,10H2,1-4H3,(H2,28,36)(H2,29,30,31,32). The lowest BCUT2D eigenvalue weighted by atomic mass is 9.91. The van der Waals surface area contributed by atoms with Crippen LogP contribution in [0.15, 0.2) is 47.5 Å². The molecule has 1 atom stereocenters. The summed E-state index contributed by atoms with van der Waals surface area (Å²) in [7, 11) is 0.553. The van der Waals surface area contributed by atoms with Gasteiger partial charge in [-0.3, -0.25) is 9.59 Å². The minimum Gasteiger partial charge on any atom is -0.494 e. The molecule has 1 unspecified atom stereocenters. The van der Waals surface area contributed by atoms with E-state index in [-0.39, 0.29) is 45.4 Å². The van der Waals surface area contributed by atoms with Gasteiger partial charge in [0.15, 0.2) is 5.82 Å². The number of sulfonamides is 1. The Hall–Kier alpha value is -3.94. The summed E-state index contributed by atoms with van der Waals surface area (Å²) in [4.78, 5) is 35.2. The molecule has 0 bridgehead atoms. The number of halogens is 1. The zero-order chi connectivity index (χ0) is 29.2. The van der Waals surface area contributed by atoms with Gasteiger partial charge >= 0.3 is 0 Å². The SMILES string of the molecule is CCN1C(=O)[C]CC(C(N)=O)c2c1ccc(Nc1ncc(Cl)c(Nc3ccccc3S(=O)(=O)N(C)C)n1)c2OC. The van der Waals surface area contributed by atoms with Crippen LogP contribution >= 0.6 is 11.6 Å². The predicted octanol–water partition coefficient (Wildman–Crippen LogP) is 3.28. The maximum Gasteiger partial charge on any atom is 0.244 e. The van der Waals surface area contributed by atoms with Gasteiger partial charge in [0.25, 0.3) is 0 Å². The molecule has 2 amide bonds. The Balaban J connectivity index is 1.75. The third-order valence-electron chi connectivity index (χ3n) is 6.27. The summed E-state index contributed by atoms with van der Waals surface area (Å²) in [5, 5.41) is 6.19. The normalized spacial score (nSPS) is 15.4. The van der Waals surface area contributed by atoms with Crippen LogP contribution in [-0.4, -0.2) is 62.3 Å². The first-order valence-corrected chi connectivity index (χ1v) is 13.9. The number of rotatable bonds is 9. The molecule has 2 radical (unpaired) electrons. The molecule has 12 nitrogen and oxygen atoms in total. The highest BCUT2D eigenvalue weighted by Gasteiger charge is 2.34. The number of anilines is 5. The van der Waals surface area contributed by atoms with Crippen molar-refractivity contribution < 1.29 is 22.7 Å². The lowest BCUT2D eigenvalue weighted by Crippen LogP contribution is -2.30. The Morgan fingerprint density at radius 2 is 1.95 bits per heavy atom. The maximum atomic E-state index is 12.8. The number of para-hydroxylation sites is 1. The molecule has 0 saturated carbocycles. The van der Waals surface area contributed by atoms with E-state index in [1.807, 2.05) is 6.92 Å². The molecule has 1 aromatic heterocycles. The van der Waals surface area contributed by atoms with Crippen molar-refractivity contribution in [1.82, 2.24) is 14.3 Å². The van der Waals surface area contributed by atoms with E-state index >= 15 is 0 Å². The zero-order valence-corrected chi connectivity index (χ0v) is 23.8. The van der Waals surface area contributed by atoms with Crippen LogP contribution < -0.4 is 26.0 Å². The zero-order valence-electron chi connectivity index (χ0n) is 22.2. The molecule has 3 aromatic rings. The molecule has 4 rings (SSSR count). The van der Waals surface area contributed by atoms with Crippen molar-refractivity contribution >= 4 is 62.3 Å². The minimum absolute atomic E-state index is 0.00173. The van der Waals surface area contributed by atoms with Crippen LogP contribution in [0.25, 0.3) is 0 Å². The molecule has 210 valence electrons. The van der Waals surface area contributed by atoms with Gasteiger partial charge in [-0.05, 0) is 37.6 Å². The van der Waals surface area contributed by atoms with E-state index in [1.54, 1.807) is 30.3 Å². The van der Waals surface area contributed by atoms with Crippen LogP contribution in [0.1, 0.15) is 24.8 Å². The van der Waals surface area contributed by atoms with Crippen molar-refractivity contribution in [2.75, 3.05) is 43.3 Å². The smallest absolute Gasteiger partial charge is 0.244 e. The molecule has 2 heterocycles. The van der Waals surface area contributed by atoms with Gasteiger partial charge in [-0.25, -0.2) is 17.7 Å². The number of primary amides is 1. The van der Waals surface area contributed by atoms with Crippen LogP contribution in [0.5, 0.6) is 5.75 Å². The molecule has 4 N–H and O–H groups in total. The second kappa shape index (κ2) is 11.7. The van der Waals surface area contributed by atoms with Crippen LogP contribution in [0.4, 0.5) is 28.8 Å². The van der Waals surface area contributed by atoms with Gasteiger partial charge in [0.05, 0.1) is 42.7 Å². The number of hydrogen-bond acceptors (Lipinski definition) is 9. The fourth-order valence-electron chi connectivity index (χ4n) is 4.29. The van der Waals surface area contributed by atoms with E-state index in [1.165, 1.54) is 38.4 Å². The fraction of sp³-hybridized carbons (Fsp3) is 0.269. The highest BCUT2D eigenvalue weighted by Crippen LogP contribution is 2.45. The Morgan fingerprint density at radius 1 is 1.23 bits per heavy atom. The van der Waals surface area contributed by atoms with Gasteiger partial charge in [0.2, 0.25) is 27.8 Å². The molecule has 0 fully saturated rings. The highest BCUT2D eigenvalue weighted by molar-refractivity contribution is 7.89. The third kappa shape index (κ3) is 5.53. The number of fused-ring (bicyclic) bond motifs is 1. The van der Waals surface area contributed by atoms with Crippen molar-refractivity contribution in [2.24, 2.45) is 5.73 Å². The Kier molecular flexibility index (Phi) is 8.47. The Bertz CT molecular complexity index is 1560. The van der Waals surface area contributed by atoms with E-state index in [0.717, 1.165) is 4.31 Å². The molecule has 0 aliphatic carbocycles. The summed E-state index contributed by atoms with van der Waals surface area (Å²) in [5.74, 6) is -1.31. The van der Waals surface area contributed by atoms with Crippen LogP contribution in [0.2, 0.25) is 5.02 Å². The van der Waals surface area contributed by atoms with E-state index in [4.69, 9.17) is 22.1 Å². The summed E-state index contributed by atoms with van der Waals surface area (Å²) in [6.45, 7) is 2.16. The molecule has 14 heteroatoms. The second-order valence-corrected chi connectivity index (χ2v) is 11.4. The number of nitrogens with two attached hydrogens (primary N) is 1. The van der Waals surface area contributed by atoms with Crippen molar-refractivity contribution in [3.63, 3.8) is 0 Å². The summed E-state index contributed by atoms with van der Waals surface area (Å²) < 4.78 is 32.4. The predicted molar refractivity (Wildman–Crippen MR) is 152 cm³/mol. The topological polar surface area (TPSA) is 160 Å². The Labute approximate surface area is 237 Å². The second-order valence-electron chi connectivity index (χ2n) is 8.89. The monoisotopic (exact) mass is 585 g/mol. The van der Waals surface area contributed by atoms with E-state index < -0.39 is 21.8 Å². The van der Waals surface area contributed by atoms with Crippen molar-refractivity contribution in [3.8, 4) is 5.75 Å². The lowest BCUT2D eigenvalue weighted by Gasteiger charge is -2.25. The number of nitrogens with zero attached hydrogens (tertiary/aromatic N) is 4. The van der Waals surface area contributed by atoms with E-state index in [9.17, 15) is 18.0 Å². The van der Waals surface area contributed by atoms with Crippen molar-refractivity contribution in [3.05, 3.63) is 59.6 Å². The lowest BCUT2D eigenvalue weighted by molar-refractivity contribution is -0.119. The van der Waals surface area contributed by atoms with Gasteiger partial charge in [0.1, 0.15) is 15.7 Å². The molecule has 40 heavy (non-hydrogen) atoms. The number of ether oxygens (including phenoxy) is 1. The number of carbonyl (C=O) groups is 2. The molecule has 1 aliphatic rings. The number of carbonyl (C=O) groups excluding carboxylic acids is 2. The third-order valence-corrected chi connectivity index (χ3v) is 8.42. The molecule has 2 aromatic carbocycles. The van der Waals surface area contributed by atoms with Crippen LogP contribution in [0.3, 0.4) is 0 Å². The Morgan fingerprint density at radius 3 is 2.60 bits per heavy atom. The number of benzene rings is 2. The average molecular weight is 586 g/mol. The van der Waals surface area contributed by atoms with Gasteiger partial charge in [-0.15, -0.1) is 0 Å².